The normalized spacial score (nSPS) is 18.7. The predicted octanol–water partition coefficient (Wildman–Crippen LogP) is 3.96. The summed E-state index contributed by atoms with van der Waals surface area (Å²) in [5.74, 6) is 2.74. The molecule has 1 aromatic carbocycles. The molecule has 4 aromatic rings. The molecule has 0 bridgehead atoms. The molecule has 6 rings (SSSR count). The summed E-state index contributed by atoms with van der Waals surface area (Å²) in [6, 6.07) is 7.02. The Hall–Kier alpha value is -4.25. The SMILES string of the molecule is CCOC(=O)[NH+]1Cc2ncnc(Oc3ccc4c(ccn4C(=O)Nc4cc(C5CC5)on4)c3C)c2CC1C. The third-order valence-electron chi connectivity index (χ3n) is 7.26. The highest BCUT2D eigenvalue weighted by Crippen LogP contribution is 2.40. The Labute approximate surface area is 218 Å². The molecule has 2 atom stereocenters. The summed E-state index contributed by atoms with van der Waals surface area (Å²) in [5, 5.41) is 7.66. The first-order chi connectivity index (χ1) is 18.4. The fraction of sp³-hybridized carbons (Fsp3) is 0.370. The quantitative estimate of drug-likeness (QED) is 0.407. The van der Waals surface area contributed by atoms with Gasteiger partial charge in [-0.3, -0.25) is 9.88 Å². The van der Waals surface area contributed by atoms with E-state index in [1.54, 1.807) is 23.8 Å². The minimum atomic E-state index is -0.323. The Morgan fingerprint density at radius 1 is 1.24 bits per heavy atom. The molecule has 1 saturated carbocycles. The van der Waals surface area contributed by atoms with Crippen LogP contribution in [0.15, 0.2) is 41.3 Å². The summed E-state index contributed by atoms with van der Waals surface area (Å²) in [5.41, 5.74) is 3.28. The molecule has 0 saturated heterocycles. The van der Waals surface area contributed by atoms with E-state index < -0.39 is 0 Å². The van der Waals surface area contributed by atoms with E-state index in [2.05, 4.69) is 20.4 Å². The molecule has 0 radical (unpaired) electrons. The third-order valence-corrected chi connectivity index (χ3v) is 7.26. The van der Waals surface area contributed by atoms with Crippen LogP contribution in [0, 0.1) is 6.92 Å². The van der Waals surface area contributed by atoms with E-state index in [-0.39, 0.29) is 18.2 Å². The van der Waals surface area contributed by atoms with Crippen molar-refractivity contribution in [2.45, 2.75) is 58.5 Å². The van der Waals surface area contributed by atoms with Gasteiger partial charge in [-0.2, -0.15) is 4.79 Å². The molecule has 0 spiro atoms. The molecular weight excluding hydrogens is 488 g/mol. The first kappa shape index (κ1) is 24.1. The largest absolute Gasteiger partial charge is 0.514 e. The molecule has 196 valence electrons. The monoisotopic (exact) mass is 517 g/mol. The summed E-state index contributed by atoms with van der Waals surface area (Å²) in [7, 11) is 0. The van der Waals surface area contributed by atoms with Crippen LogP contribution in [0.2, 0.25) is 0 Å². The van der Waals surface area contributed by atoms with Crippen molar-refractivity contribution < 1.29 is 28.5 Å². The van der Waals surface area contributed by atoms with Crippen molar-refractivity contribution in [2.24, 2.45) is 0 Å². The molecule has 1 fully saturated rings. The molecule has 11 heteroatoms. The van der Waals surface area contributed by atoms with Crippen LogP contribution in [0.4, 0.5) is 15.4 Å². The molecule has 11 nitrogen and oxygen atoms in total. The summed E-state index contributed by atoms with van der Waals surface area (Å²) in [4.78, 5) is 34.9. The Morgan fingerprint density at radius 3 is 2.87 bits per heavy atom. The van der Waals surface area contributed by atoms with Crippen molar-refractivity contribution in [3.8, 4) is 11.6 Å². The predicted molar refractivity (Wildman–Crippen MR) is 137 cm³/mol. The fourth-order valence-corrected chi connectivity index (χ4v) is 4.97. The second kappa shape index (κ2) is 9.56. The molecule has 2 unspecified atom stereocenters. The maximum absolute atomic E-state index is 13.0. The van der Waals surface area contributed by atoms with E-state index in [9.17, 15) is 9.59 Å². The van der Waals surface area contributed by atoms with Crippen LogP contribution in [0.1, 0.15) is 55.2 Å². The van der Waals surface area contributed by atoms with E-state index in [0.717, 1.165) is 51.2 Å². The number of benzene rings is 1. The smallest absolute Gasteiger partial charge is 0.438 e. The summed E-state index contributed by atoms with van der Waals surface area (Å²) < 4.78 is 18.4. The molecule has 3 aromatic heterocycles. The standard InChI is InChI=1S/C27H28N6O5/c1-4-36-27(35)33-13-20-19(11-15(33)2)25(29-14-28-20)37-22-8-7-21-18(16(22)3)9-10-32(21)26(34)30-24-12-23(38-31-24)17-5-6-17/h7-10,12,14-15,17H,4-6,11,13H2,1-3H3,(H,30,31,34)/p+1. The summed E-state index contributed by atoms with van der Waals surface area (Å²) >= 11 is 0. The van der Waals surface area contributed by atoms with Gasteiger partial charge < -0.3 is 14.0 Å². The van der Waals surface area contributed by atoms with Crippen molar-refractivity contribution in [2.75, 3.05) is 11.9 Å². The van der Waals surface area contributed by atoms with Gasteiger partial charge in [0.15, 0.2) is 5.82 Å². The van der Waals surface area contributed by atoms with Gasteiger partial charge in [0, 0.05) is 41.1 Å². The van der Waals surface area contributed by atoms with Crippen LogP contribution >= 0.6 is 0 Å². The Morgan fingerprint density at radius 2 is 2.08 bits per heavy atom. The number of alkyl carbamates (subject to hydrolysis) is 2. The number of nitrogens with one attached hydrogen (secondary N) is 2. The van der Waals surface area contributed by atoms with Gasteiger partial charge in [0.1, 0.15) is 30.1 Å². The van der Waals surface area contributed by atoms with Crippen LogP contribution in [-0.2, 0) is 17.7 Å². The molecule has 2 N–H and O–H groups in total. The summed E-state index contributed by atoms with van der Waals surface area (Å²) in [6.45, 7) is 6.50. The number of hydrogen-bond donors (Lipinski definition) is 2. The van der Waals surface area contributed by atoms with Crippen molar-refractivity contribution in [3.63, 3.8) is 0 Å². The lowest BCUT2D eigenvalue weighted by Gasteiger charge is -2.28. The number of amides is 2. The van der Waals surface area contributed by atoms with Crippen molar-refractivity contribution in [1.29, 1.82) is 0 Å². The molecular formula is C27H29N6O5+. The number of fused-ring (bicyclic) bond motifs is 2. The van der Waals surface area contributed by atoms with Gasteiger partial charge >= 0.3 is 12.1 Å². The highest BCUT2D eigenvalue weighted by atomic mass is 16.6. The lowest BCUT2D eigenvalue weighted by Crippen LogP contribution is -3.17. The van der Waals surface area contributed by atoms with Gasteiger partial charge in [-0.25, -0.2) is 19.7 Å². The highest BCUT2D eigenvalue weighted by Gasteiger charge is 2.36. The first-order valence-corrected chi connectivity index (χ1v) is 12.8. The zero-order chi connectivity index (χ0) is 26.4. The fourth-order valence-electron chi connectivity index (χ4n) is 4.97. The number of quaternary nitrogens is 1. The van der Waals surface area contributed by atoms with Crippen molar-refractivity contribution in [1.82, 2.24) is 19.7 Å². The number of rotatable bonds is 5. The molecule has 4 heterocycles. The molecule has 1 aliphatic heterocycles. The zero-order valence-electron chi connectivity index (χ0n) is 21.5. The lowest BCUT2D eigenvalue weighted by molar-refractivity contribution is -0.866. The van der Waals surface area contributed by atoms with Gasteiger partial charge in [-0.05, 0) is 51.8 Å². The van der Waals surface area contributed by atoms with E-state index in [0.29, 0.717) is 42.9 Å². The number of hydrogen-bond acceptors (Lipinski definition) is 8. The maximum atomic E-state index is 13.0. The van der Waals surface area contributed by atoms with E-state index >= 15 is 0 Å². The van der Waals surface area contributed by atoms with Crippen molar-refractivity contribution in [3.05, 3.63) is 59.4 Å². The van der Waals surface area contributed by atoms with Crippen LogP contribution in [0.5, 0.6) is 11.6 Å². The molecule has 2 aliphatic rings. The van der Waals surface area contributed by atoms with Crippen LogP contribution < -0.4 is 15.0 Å². The Kier molecular flexibility index (Phi) is 6.07. The summed E-state index contributed by atoms with van der Waals surface area (Å²) in [6.07, 6.45) is 5.69. The van der Waals surface area contributed by atoms with Crippen LogP contribution in [-0.4, -0.2) is 44.5 Å². The topological polar surface area (TPSA) is 126 Å². The van der Waals surface area contributed by atoms with Gasteiger partial charge in [-0.1, -0.05) is 5.16 Å². The minimum absolute atomic E-state index is 0.00362. The first-order valence-electron chi connectivity index (χ1n) is 12.8. The van der Waals surface area contributed by atoms with E-state index in [1.165, 1.54) is 6.33 Å². The Bertz CT molecular complexity index is 1540. The number of nitrogens with zero attached hydrogens (tertiary/aromatic N) is 4. The average Bonchev–Trinajstić information content (AvgIpc) is 3.49. The number of ether oxygens (including phenoxy) is 2. The lowest BCUT2D eigenvalue weighted by atomic mass is 10.00. The zero-order valence-corrected chi connectivity index (χ0v) is 21.5. The Balaban J connectivity index is 1.23. The minimum Gasteiger partial charge on any atom is -0.438 e. The number of carbonyl (C=O) groups excluding carboxylic acids is 2. The molecule has 1 aliphatic carbocycles. The molecule has 38 heavy (non-hydrogen) atoms. The number of aryl methyl sites for hydroxylation is 1. The third kappa shape index (κ3) is 4.38. The second-order valence-corrected chi connectivity index (χ2v) is 9.86. The van der Waals surface area contributed by atoms with Crippen LogP contribution in [0.25, 0.3) is 10.9 Å². The van der Waals surface area contributed by atoms with E-state index in [4.69, 9.17) is 14.0 Å². The maximum Gasteiger partial charge on any atom is 0.514 e. The van der Waals surface area contributed by atoms with Gasteiger partial charge in [0.05, 0.1) is 18.2 Å². The number of anilines is 1. The van der Waals surface area contributed by atoms with Crippen molar-refractivity contribution >= 4 is 28.8 Å². The second-order valence-electron chi connectivity index (χ2n) is 9.86. The van der Waals surface area contributed by atoms with Gasteiger partial charge in [-0.15, -0.1) is 0 Å². The van der Waals surface area contributed by atoms with Gasteiger partial charge in [0.25, 0.3) is 0 Å². The number of aromatic nitrogens is 4. The highest BCUT2D eigenvalue weighted by molar-refractivity contribution is 5.99. The average molecular weight is 518 g/mol. The molecule has 2 amide bonds. The number of carbonyl (C=O) groups is 2. The van der Waals surface area contributed by atoms with Crippen LogP contribution in [0.3, 0.4) is 0 Å². The van der Waals surface area contributed by atoms with E-state index in [1.807, 2.05) is 32.0 Å². The van der Waals surface area contributed by atoms with Gasteiger partial charge in [0.2, 0.25) is 5.88 Å².